The molecule has 3 N–H and O–H groups in total. The maximum atomic E-state index is 5.76. The second-order valence-electron chi connectivity index (χ2n) is 6.30. The predicted molar refractivity (Wildman–Crippen MR) is 98.0 cm³/mol. The van der Waals surface area contributed by atoms with Crippen molar-refractivity contribution in [2.24, 2.45) is 0 Å². The maximum absolute atomic E-state index is 5.76. The van der Waals surface area contributed by atoms with Crippen molar-refractivity contribution < 1.29 is 0 Å². The Labute approximate surface area is 146 Å². The normalized spacial score (nSPS) is 16.3. The zero-order valence-electron chi connectivity index (χ0n) is 14.1. The van der Waals surface area contributed by atoms with Gasteiger partial charge in [-0.15, -0.1) is 0 Å². The number of nitrogens with zero attached hydrogens (tertiary/aromatic N) is 4. The van der Waals surface area contributed by atoms with Crippen molar-refractivity contribution in [3.8, 4) is 11.4 Å². The number of aromatic nitrogens is 4. The van der Waals surface area contributed by atoms with Gasteiger partial charge in [-0.2, -0.15) is 4.98 Å². The third kappa shape index (κ3) is 3.28. The molecule has 1 aliphatic rings. The Balaban J connectivity index is 1.64. The summed E-state index contributed by atoms with van der Waals surface area (Å²) in [4.78, 5) is 17.8. The summed E-state index contributed by atoms with van der Waals surface area (Å²) in [5, 5.41) is 3.47. The minimum absolute atomic E-state index is 0.141. The van der Waals surface area contributed by atoms with Crippen LogP contribution in [0.5, 0.6) is 0 Å². The van der Waals surface area contributed by atoms with E-state index in [0.717, 1.165) is 53.4 Å². The van der Waals surface area contributed by atoms with E-state index in [9.17, 15) is 0 Å². The average molecular weight is 332 g/mol. The third-order valence-corrected chi connectivity index (χ3v) is 4.41. The van der Waals surface area contributed by atoms with Crippen molar-refractivity contribution in [2.75, 3.05) is 11.1 Å². The highest BCUT2D eigenvalue weighted by Crippen LogP contribution is 2.32. The van der Waals surface area contributed by atoms with Crippen molar-refractivity contribution >= 4 is 11.8 Å². The van der Waals surface area contributed by atoms with Crippen molar-refractivity contribution in [3.63, 3.8) is 0 Å². The second-order valence-corrected chi connectivity index (χ2v) is 6.30. The van der Waals surface area contributed by atoms with E-state index in [1.165, 1.54) is 0 Å². The first-order valence-corrected chi connectivity index (χ1v) is 8.48. The topological polar surface area (TPSA) is 89.6 Å². The van der Waals surface area contributed by atoms with E-state index < -0.39 is 0 Å². The van der Waals surface area contributed by atoms with Crippen molar-refractivity contribution in [2.45, 2.75) is 32.2 Å². The third-order valence-electron chi connectivity index (χ3n) is 4.41. The molecule has 0 bridgehead atoms. The fourth-order valence-electron chi connectivity index (χ4n) is 3.27. The Morgan fingerprint density at radius 1 is 1.12 bits per heavy atom. The molecule has 0 saturated heterocycles. The lowest BCUT2D eigenvalue weighted by molar-refractivity contribution is 0.583. The summed E-state index contributed by atoms with van der Waals surface area (Å²) in [5.41, 5.74) is 9.89. The highest BCUT2D eigenvalue weighted by molar-refractivity contribution is 5.55. The molecule has 0 radical (unpaired) electrons. The van der Waals surface area contributed by atoms with E-state index in [2.05, 4.69) is 20.3 Å². The van der Waals surface area contributed by atoms with Crippen LogP contribution in [0.1, 0.15) is 35.8 Å². The summed E-state index contributed by atoms with van der Waals surface area (Å²) in [6.45, 7) is 1.91. The van der Waals surface area contributed by atoms with Gasteiger partial charge in [-0.3, -0.25) is 0 Å². The molecule has 1 unspecified atom stereocenters. The molecule has 0 amide bonds. The van der Waals surface area contributed by atoms with Crippen LogP contribution in [-0.2, 0) is 6.42 Å². The van der Waals surface area contributed by atoms with Crippen LogP contribution in [0.4, 0.5) is 11.8 Å². The second kappa shape index (κ2) is 6.47. The molecule has 0 fully saturated rings. The molecule has 25 heavy (non-hydrogen) atoms. The largest absolute Gasteiger partial charge is 0.368 e. The minimum atomic E-state index is 0.141. The van der Waals surface area contributed by atoms with Gasteiger partial charge in [0.15, 0.2) is 5.82 Å². The van der Waals surface area contributed by atoms with Crippen LogP contribution < -0.4 is 11.1 Å². The monoisotopic (exact) mass is 332 g/mol. The van der Waals surface area contributed by atoms with Crippen LogP contribution >= 0.6 is 0 Å². The van der Waals surface area contributed by atoms with Gasteiger partial charge in [-0.25, -0.2) is 15.0 Å². The zero-order chi connectivity index (χ0) is 17.2. The smallest absolute Gasteiger partial charge is 0.222 e. The molecule has 2 heterocycles. The summed E-state index contributed by atoms with van der Waals surface area (Å²) >= 11 is 0. The lowest BCUT2D eigenvalue weighted by Gasteiger charge is -2.26. The molecular weight excluding hydrogens is 312 g/mol. The number of rotatable bonds is 3. The van der Waals surface area contributed by atoms with Crippen LogP contribution in [0.15, 0.2) is 42.6 Å². The summed E-state index contributed by atoms with van der Waals surface area (Å²) in [6.07, 6.45) is 5.01. The lowest BCUT2D eigenvalue weighted by atomic mass is 9.92. The molecule has 126 valence electrons. The number of nitrogens with two attached hydrogens (primary N) is 1. The van der Waals surface area contributed by atoms with Crippen LogP contribution in [-0.4, -0.2) is 19.9 Å². The van der Waals surface area contributed by atoms with Gasteiger partial charge in [0, 0.05) is 34.8 Å². The van der Waals surface area contributed by atoms with Gasteiger partial charge in [0.2, 0.25) is 5.95 Å². The van der Waals surface area contributed by atoms with Crippen molar-refractivity contribution in [1.29, 1.82) is 0 Å². The first-order chi connectivity index (χ1) is 12.2. The molecule has 0 spiro atoms. The molecular formula is C19H20N6. The lowest BCUT2D eigenvalue weighted by Crippen LogP contribution is -2.20. The van der Waals surface area contributed by atoms with E-state index >= 15 is 0 Å². The number of aryl methyl sites for hydroxylation is 2. The Kier molecular flexibility index (Phi) is 4.01. The SMILES string of the molecule is Cc1cc(NC2CCCc3nc(-c4ccccc4)ncc32)nc(N)n1. The quantitative estimate of drug-likeness (QED) is 0.765. The average Bonchev–Trinajstić information content (AvgIpc) is 2.61. The van der Waals surface area contributed by atoms with Gasteiger partial charge in [-0.1, -0.05) is 30.3 Å². The van der Waals surface area contributed by atoms with E-state index in [0.29, 0.717) is 0 Å². The number of hydrogen-bond acceptors (Lipinski definition) is 6. The molecule has 6 heteroatoms. The standard InChI is InChI=1S/C19H20N6/c1-12-10-17(25-19(20)22-12)23-15-8-5-9-16-14(15)11-21-18(24-16)13-6-3-2-4-7-13/h2-4,6-7,10-11,15H,5,8-9H2,1H3,(H3,20,22,23,25). The summed E-state index contributed by atoms with van der Waals surface area (Å²) in [6, 6.07) is 12.1. The number of benzene rings is 1. The Bertz CT molecular complexity index is 873. The number of hydrogen-bond donors (Lipinski definition) is 2. The predicted octanol–water partition coefficient (Wildman–Crippen LogP) is 3.31. The van der Waals surface area contributed by atoms with Crippen molar-refractivity contribution in [1.82, 2.24) is 19.9 Å². The van der Waals surface area contributed by atoms with Crippen molar-refractivity contribution in [3.05, 3.63) is 59.5 Å². The fourth-order valence-corrected chi connectivity index (χ4v) is 3.27. The molecule has 1 atom stereocenters. The van der Waals surface area contributed by atoms with E-state index in [1.807, 2.05) is 49.5 Å². The van der Waals surface area contributed by atoms with Gasteiger partial charge in [0.1, 0.15) is 5.82 Å². The molecule has 1 aromatic carbocycles. The molecule has 0 aliphatic heterocycles. The Morgan fingerprint density at radius 3 is 2.76 bits per heavy atom. The Morgan fingerprint density at radius 2 is 1.96 bits per heavy atom. The van der Waals surface area contributed by atoms with Gasteiger partial charge in [-0.05, 0) is 26.2 Å². The summed E-state index contributed by atoms with van der Waals surface area (Å²) in [5.74, 6) is 1.81. The molecule has 6 nitrogen and oxygen atoms in total. The molecule has 4 rings (SSSR count). The van der Waals surface area contributed by atoms with Crippen LogP contribution in [0.25, 0.3) is 11.4 Å². The van der Waals surface area contributed by atoms with E-state index in [-0.39, 0.29) is 12.0 Å². The summed E-state index contributed by atoms with van der Waals surface area (Å²) < 4.78 is 0. The fraction of sp³-hybridized carbons (Fsp3) is 0.263. The molecule has 1 aliphatic carbocycles. The van der Waals surface area contributed by atoms with Gasteiger partial charge < -0.3 is 11.1 Å². The van der Waals surface area contributed by atoms with E-state index in [1.54, 1.807) is 0 Å². The Hall–Kier alpha value is -3.02. The maximum Gasteiger partial charge on any atom is 0.222 e. The molecule has 3 aromatic rings. The first-order valence-electron chi connectivity index (χ1n) is 8.48. The highest BCUT2D eigenvalue weighted by atomic mass is 15.1. The van der Waals surface area contributed by atoms with Gasteiger partial charge in [0.05, 0.1) is 6.04 Å². The van der Waals surface area contributed by atoms with Crippen LogP contribution in [0, 0.1) is 6.92 Å². The van der Waals surface area contributed by atoms with Crippen LogP contribution in [0.3, 0.4) is 0 Å². The minimum Gasteiger partial charge on any atom is -0.368 e. The number of nitrogens with one attached hydrogen (secondary N) is 1. The number of nitrogen functional groups attached to an aromatic ring is 1. The van der Waals surface area contributed by atoms with E-state index in [4.69, 9.17) is 10.7 Å². The van der Waals surface area contributed by atoms with Gasteiger partial charge in [0.25, 0.3) is 0 Å². The number of anilines is 2. The number of fused-ring (bicyclic) bond motifs is 1. The van der Waals surface area contributed by atoms with Gasteiger partial charge >= 0.3 is 0 Å². The van der Waals surface area contributed by atoms with Crippen LogP contribution in [0.2, 0.25) is 0 Å². The summed E-state index contributed by atoms with van der Waals surface area (Å²) in [7, 11) is 0. The molecule has 2 aromatic heterocycles. The highest BCUT2D eigenvalue weighted by Gasteiger charge is 2.23. The molecule has 0 saturated carbocycles. The first kappa shape index (κ1) is 15.5. The zero-order valence-corrected chi connectivity index (χ0v) is 14.1.